The van der Waals surface area contributed by atoms with Crippen molar-refractivity contribution < 1.29 is 18.7 Å². The minimum Gasteiger partial charge on any atom is -0.497 e. The SMILES string of the molecule is COc1ccc(OC)c([C@@H](C)NC(=O)[C@@H]2CCCN(Cc3ccc(F)cc3)C2)c1. The van der Waals surface area contributed by atoms with Crippen LogP contribution in [-0.2, 0) is 11.3 Å². The number of amides is 1. The molecule has 2 aromatic carbocycles. The van der Waals surface area contributed by atoms with Crippen molar-refractivity contribution in [1.29, 1.82) is 0 Å². The molecule has 0 aliphatic carbocycles. The Morgan fingerprint density at radius 1 is 1.21 bits per heavy atom. The number of halogens is 1. The van der Waals surface area contributed by atoms with Gasteiger partial charge in [-0.2, -0.15) is 0 Å². The third-order valence-electron chi connectivity index (χ3n) is 5.46. The number of benzene rings is 2. The van der Waals surface area contributed by atoms with Gasteiger partial charge in [-0.05, 0) is 62.2 Å². The third kappa shape index (κ3) is 5.48. The van der Waals surface area contributed by atoms with Gasteiger partial charge in [-0.25, -0.2) is 4.39 Å². The van der Waals surface area contributed by atoms with Crippen molar-refractivity contribution >= 4 is 5.91 Å². The monoisotopic (exact) mass is 400 g/mol. The fourth-order valence-corrected chi connectivity index (χ4v) is 3.85. The summed E-state index contributed by atoms with van der Waals surface area (Å²) in [5, 5.41) is 3.13. The van der Waals surface area contributed by atoms with Crippen LogP contribution in [0.15, 0.2) is 42.5 Å². The molecule has 2 atom stereocenters. The quantitative estimate of drug-likeness (QED) is 0.765. The maximum absolute atomic E-state index is 13.1. The number of piperidine rings is 1. The summed E-state index contributed by atoms with van der Waals surface area (Å²) in [6.45, 7) is 4.32. The van der Waals surface area contributed by atoms with Gasteiger partial charge >= 0.3 is 0 Å². The predicted octanol–water partition coefficient (Wildman–Crippen LogP) is 3.93. The molecule has 0 bridgehead atoms. The second-order valence-corrected chi connectivity index (χ2v) is 7.54. The van der Waals surface area contributed by atoms with Crippen LogP contribution in [0, 0.1) is 11.7 Å². The van der Waals surface area contributed by atoms with E-state index in [2.05, 4.69) is 10.2 Å². The van der Waals surface area contributed by atoms with Gasteiger partial charge in [0.05, 0.1) is 26.2 Å². The average Bonchev–Trinajstić information content (AvgIpc) is 2.75. The van der Waals surface area contributed by atoms with E-state index in [1.54, 1.807) is 26.4 Å². The molecule has 156 valence electrons. The van der Waals surface area contributed by atoms with Gasteiger partial charge < -0.3 is 14.8 Å². The van der Waals surface area contributed by atoms with E-state index >= 15 is 0 Å². The summed E-state index contributed by atoms with van der Waals surface area (Å²) in [6.07, 6.45) is 1.84. The van der Waals surface area contributed by atoms with Gasteiger partial charge in [0, 0.05) is 18.7 Å². The molecule has 0 saturated carbocycles. The number of hydrogen-bond donors (Lipinski definition) is 1. The second-order valence-electron chi connectivity index (χ2n) is 7.54. The number of likely N-dealkylation sites (tertiary alicyclic amines) is 1. The number of rotatable bonds is 7. The van der Waals surface area contributed by atoms with Crippen LogP contribution in [0.2, 0.25) is 0 Å². The third-order valence-corrected chi connectivity index (χ3v) is 5.46. The topological polar surface area (TPSA) is 50.8 Å². The van der Waals surface area contributed by atoms with Crippen molar-refractivity contribution in [2.24, 2.45) is 5.92 Å². The summed E-state index contributed by atoms with van der Waals surface area (Å²) in [4.78, 5) is 15.2. The molecule has 6 heteroatoms. The maximum atomic E-state index is 13.1. The summed E-state index contributed by atoms with van der Waals surface area (Å²) in [5.74, 6) is 1.20. The van der Waals surface area contributed by atoms with Crippen molar-refractivity contribution in [3.63, 3.8) is 0 Å². The Morgan fingerprint density at radius 3 is 2.66 bits per heavy atom. The van der Waals surface area contributed by atoms with E-state index in [4.69, 9.17) is 9.47 Å². The molecule has 2 aromatic rings. The number of carbonyl (C=O) groups excluding carboxylic acids is 1. The molecule has 1 aliphatic rings. The first-order valence-corrected chi connectivity index (χ1v) is 9.99. The average molecular weight is 400 g/mol. The first kappa shape index (κ1) is 21.1. The molecule has 1 aliphatic heterocycles. The smallest absolute Gasteiger partial charge is 0.224 e. The number of methoxy groups -OCH3 is 2. The van der Waals surface area contributed by atoms with Gasteiger partial charge in [0.15, 0.2) is 0 Å². The fraction of sp³-hybridized carbons (Fsp3) is 0.435. The first-order valence-electron chi connectivity index (χ1n) is 9.99. The molecule has 5 nitrogen and oxygen atoms in total. The Bertz CT molecular complexity index is 825. The van der Waals surface area contributed by atoms with Crippen molar-refractivity contribution in [3.8, 4) is 11.5 Å². The highest BCUT2D eigenvalue weighted by Crippen LogP contribution is 2.30. The molecule has 1 N–H and O–H groups in total. The van der Waals surface area contributed by atoms with Crippen molar-refractivity contribution in [1.82, 2.24) is 10.2 Å². The van der Waals surface area contributed by atoms with Crippen LogP contribution in [0.25, 0.3) is 0 Å². The van der Waals surface area contributed by atoms with E-state index < -0.39 is 0 Å². The molecule has 0 aromatic heterocycles. The van der Waals surface area contributed by atoms with E-state index in [0.29, 0.717) is 6.54 Å². The molecular weight excluding hydrogens is 371 g/mol. The summed E-state index contributed by atoms with van der Waals surface area (Å²) < 4.78 is 23.9. The van der Waals surface area contributed by atoms with Gasteiger partial charge in [-0.15, -0.1) is 0 Å². The Morgan fingerprint density at radius 2 is 1.97 bits per heavy atom. The molecule has 1 saturated heterocycles. The van der Waals surface area contributed by atoms with Gasteiger partial charge in [0.25, 0.3) is 0 Å². The summed E-state index contributed by atoms with van der Waals surface area (Å²) in [5.41, 5.74) is 1.95. The van der Waals surface area contributed by atoms with Gasteiger partial charge in [-0.1, -0.05) is 12.1 Å². The molecule has 29 heavy (non-hydrogen) atoms. The van der Waals surface area contributed by atoms with E-state index in [-0.39, 0.29) is 23.7 Å². The lowest BCUT2D eigenvalue weighted by Crippen LogP contribution is -2.43. The Balaban J connectivity index is 1.62. The first-order chi connectivity index (χ1) is 14.0. The highest BCUT2D eigenvalue weighted by molar-refractivity contribution is 5.79. The van der Waals surface area contributed by atoms with Crippen molar-refractivity contribution in [3.05, 3.63) is 59.4 Å². The van der Waals surface area contributed by atoms with E-state index in [1.165, 1.54) is 12.1 Å². The zero-order chi connectivity index (χ0) is 20.8. The van der Waals surface area contributed by atoms with Crippen molar-refractivity contribution in [2.75, 3.05) is 27.3 Å². The summed E-state index contributed by atoms with van der Waals surface area (Å²) >= 11 is 0. The lowest BCUT2D eigenvalue weighted by Gasteiger charge is -2.32. The van der Waals surface area contributed by atoms with Crippen LogP contribution < -0.4 is 14.8 Å². The number of ether oxygens (including phenoxy) is 2. The van der Waals surface area contributed by atoms with Crippen molar-refractivity contribution in [2.45, 2.75) is 32.4 Å². The lowest BCUT2D eigenvalue weighted by molar-refractivity contribution is -0.127. The minimum absolute atomic E-state index is 0.0474. The predicted molar refractivity (Wildman–Crippen MR) is 111 cm³/mol. The largest absolute Gasteiger partial charge is 0.497 e. The van der Waals surface area contributed by atoms with E-state index in [1.807, 2.05) is 25.1 Å². The van der Waals surface area contributed by atoms with Crippen LogP contribution in [0.4, 0.5) is 4.39 Å². The van der Waals surface area contributed by atoms with Gasteiger partial charge in [0.2, 0.25) is 5.91 Å². The zero-order valence-corrected chi connectivity index (χ0v) is 17.3. The van der Waals surface area contributed by atoms with Crippen LogP contribution in [0.1, 0.15) is 36.9 Å². The van der Waals surface area contributed by atoms with Crippen LogP contribution >= 0.6 is 0 Å². The lowest BCUT2D eigenvalue weighted by atomic mass is 9.95. The van der Waals surface area contributed by atoms with Crippen LogP contribution in [0.5, 0.6) is 11.5 Å². The fourth-order valence-electron chi connectivity index (χ4n) is 3.85. The summed E-state index contributed by atoms with van der Waals surface area (Å²) in [7, 11) is 3.24. The number of carbonyl (C=O) groups is 1. The normalized spacial score (nSPS) is 18.1. The van der Waals surface area contributed by atoms with E-state index in [0.717, 1.165) is 48.6 Å². The molecule has 0 spiro atoms. The van der Waals surface area contributed by atoms with E-state index in [9.17, 15) is 9.18 Å². The number of hydrogen-bond acceptors (Lipinski definition) is 4. The van der Waals surface area contributed by atoms with Crippen LogP contribution in [0.3, 0.4) is 0 Å². The Labute approximate surface area is 171 Å². The maximum Gasteiger partial charge on any atom is 0.224 e. The number of nitrogens with one attached hydrogen (secondary N) is 1. The van der Waals surface area contributed by atoms with Crippen LogP contribution in [-0.4, -0.2) is 38.1 Å². The van der Waals surface area contributed by atoms with Gasteiger partial charge in [0.1, 0.15) is 17.3 Å². The molecule has 1 heterocycles. The standard InChI is InChI=1S/C23H29FN2O3/c1-16(21-13-20(28-2)10-11-22(21)29-3)25-23(27)18-5-4-12-26(15-18)14-17-6-8-19(24)9-7-17/h6-11,13,16,18H,4-5,12,14-15H2,1-3H3,(H,25,27)/t16-,18-/m1/s1. The zero-order valence-electron chi connectivity index (χ0n) is 17.3. The molecule has 3 rings (SSSR count). The highest BCUT2D eigenvalue weighted by atomic mass is 19.1. The highest BCUT2D eigenvalue weighted by Gasteiger charge is 2.27. The Kier molecular flexibility index (Phi) is 7.09. The minimum atomic E-state index is -0.230. The van der Waals surface area contributed by atoms with Gasteiger partial charge in [-0.3, -0.25) is 9.69 Å². The molecule has 0 unspecified atom stereocenters. The molecule has 0 radical (unpaired) electrons. The summed E-state index contributed by atoms with van der Waals surface area (Å²) in [6, 6.07) is 11.9. The number of nitrogens with zero attached hydrogens (tertiary/aromatic N) is 1. The molecule has 1 amide bonds. The molecular formula is C23H29FN2O3. The second kappa shape index (κ2) is 9.74. The molecule has 1 fully saturated rings. The Hall–Kier alpha value is -2.60.